The summed E-state index contributed by atoms with van der Waals surface area (Å²) in [5.41, 5.74) is 15.9. The molecule has 0 bridgehead atoms. The maximum absolute atomic E-state index is 2.31. The van der Waals surface area contributed by atoms with Gasteiger partial charge in [0.2, 0.25) is 0 Å². The van der Waals surface area contributed by atoms with Gasteiger partial charge in [-0.2, -0.15) is 0 Å². The third kappa shape index (κ3) is 3.59. The van der Waals surface area contributed by atoms with Gasteiger partial charge in [0.15, 0.2) is 0 Å². The molecular formula is C30H30. The zero-order valence-electron chi connectivity index (χ0n) is 18.9. The van der Waals surface area contributed by atoms with Gasteiger partial charge in [-0.05, 0) is 97.2 Å². The van der Waals surface area contributed by atoms with Crippen molar-refractivity contribution >= 4 is 0 Å². The van der Waals surface area contributed by atoms with Gasteiger partial charge in [0.05, 0.1) is 0 Å². The molecule has 0 heterocycles. The lowest BCUT2D eigenvalue weighted by Gasteiger charge is -2.22. The highest BCUT2D eigenvalue weighted by molar-refractivity contribution is 5.97. The predicted octanol–water partition coefficient (Wildman–Crippen LogP) is 8.54. The molecule has 0 nitrogen and oxygen atoms in total. The summed E-state index contributed by atoms with van der Waals surface area (Å²) in [6.45, 7) is 13.3. The topological polar surface area (TPSA) is 0 Å². The standard InChI is InChI=1S/C30H30/c1-19-15-21(3)28(22(4)16-19)27-14-10-13-26(25-11-8-7-9-12-25)30(27)29-23(5)17-20(2)18-24(29)6/h7-18H,1-6H3. The average Bonchev–Trinajstić information content (AvgIpc) is 2.68. The van der Waals surface area contributed by atoms with Gasteiger partial charge >= 0.3 is 0 Å². The highest BCUT2D eigenvalue weighted by Gasteiger charge is 2.19. The predicted molar refractivity (Wildman–Crippen MR) is 131 cm³/mol. The molecule has 0 heteroatoms. The SMILES string of the molecule is Cc1cc(C)c(-c2cccc(-c3ccccc3)c2-c2c(C)cc(C)cc2C)c(C)c1. The third-order valence-electron chi connectivity index (χ3n) is 6.02. The molecule has 0 atom stereocenters. The van der Waals surface area contributed by atoms with Crippen molar-refractivity contribution in [3.8, 4) is 33.4 Å². The molecule has 0 N–H and O–H groups in total. The smallest absolute Gasteiger partial charge is 0.00213 e. The molecule has 30 heavy (non-hydrogen) atoms. The van der Waals surface area contributed by atoms with E-state index in [4.69, 9.17) is 0 Å². The molecule has 0 saturated carbocycles. The van der Waals surface area contributed by atoms with Crippen LogP contribution >= 0.6 is 0 Å². The Kier molecular flexibility index (Phi) is 5.35. The minimum Gasteiger partial charge on any atom is -0.0622 e. The van der Waals surface area contributed by atoms with Gasteiger partial charge < -0.3 is 0 Å². The van der Waals surface area contributed by atoms with E-state index in [1.807, 2.05) is 0 Å². The lowest BCUT2D eigenvalue weighted by Crippen LogP contribution is -1.98. The molecular weight excluding hydrogens is 360 g/mol. The highest BCUT2D eigenvalue weighted by Crippen LogP contribution is 2.44. The van der Waals surface area contributed by atoms with Crippen LogP contribution in [-0.4, -0.2) is 0 Å². The first-order chi connectivity index (χ1) is 14.4. The molecule has 0 saturated heterocycles. The second-order valence-corrected chi connectivity index (χ2v) is 8.64. The number of aryl methyl sites for hydroxylation is 6. The van der Waals surface area contributed by atoms with Gasteiger partial charge in [-0.25, -0.2) is 0 Å². The molecule has 0 amide bonds. The molecule has 0 aliphatic carbocycles. The third-order valence-corrected chi connectivity index (χ3v) is 6.02. The van der Waals surface area contributed by atoms with Crippen LogP contribution in [0, 0.1) is 41.5 Å². The first-order valence-corrected chi connectivity index (χ1v) is 10.7. The van der Waals surface area contributed by atoms with Crippen molar-refractivity contribution in [3.05, 3.63) is 106 Å². The zero-order valence-corrected chi connectivity index (χ0v) is 18.9. The maximum atomic E-state index is 2.31. The molecule has 0 aliphatic rings. The Labute approximate surface area is 181 Å². The van der Waals surface area contributed by atoms with Crippen molar-refractivity contribution in [2.24, 2.45) is 0 Å². The second kappa shape index (κ2) is 7.95. The summed E-state index contributed by atoms with van der Waals surface area (Å²) in [5, 5.41) is 0. The normalized spacial score (nSPS) is 11.0. The summed E-state index contributed by atoms with van der Waals surface area (Å²) in [6.07, 6.45) is 0. The first kappa shape index (κ1) is 20.2. The van der Waals surface area contributed by atoms with E-state index >= 15 is 0 Å². The molecule has 4 rings (SSSR count). The van der Waals surface area contributed by atoms with Gasteiger partial charge in [-0.1, -0.05) is 83.9 Å². The van der Waals surface area contributed by atoms with E-state index < -0.39 is 0 Å². The largest absolute Gasteiger partial charge is 0.0622 e. The summed E-state index contributed by atoms with van der Waals surface area (Å²) in [5.74, 6) is 0. The van der Waals surface area contributed by atoms with Crippen LogP contribution in [0.2, 0.25) is 0 Å². The molecule has 150 valence electrons. The molecule has 4 aromatic rings. The highest BCUT2D eigenvalue weighted by atomic mass is 14.2. The molecule has 0 aromatic heterocycles. The fourth-order valence-corrected chi connectivity index (χ4v) is 5.07. The van der Waals surface area contributed by atoms with E-state index in [0.717, 1.165) is 0 Å². The van der Waals surface area contributed by atoms with Gasteiger partial charge in [0, 0.05) is 0 Å². The fourth-order valence-electron chi connectivity index (χ4n) is 5.07. The Morgan fingerprint density at radius 1 is 0.400 bits per heavy atom. The van der Waals surface area contributed by atoms with Crippen LogP contribution in [0.15, 0.2) is 72.8 Å². The average molecular weight is 391 g/mol. The van der Waals surface area contributed by atoms with E-state index in [0.29, 0.717) is 0 Å². The van der Waals surface area contributed by atoms with Crippen molar-refractivity contribution in [1.82, 2.24) is 0 Å². The second-order valence-electron chi connectivity index (χ2n) is 8.64. The Hall–Kier alpha value is -3.12. The van der Waals surface area contributed by atoms with Crippen LogP contribution in [0.4, 0.5) is 0 Å². The first-order valence-electron chi connectivity index (χ1n) is 10.7. The summed E-state index contributed by atoms with van der Waals surface area (Å²) in [4.78, 5) is 0. The number of hydrogen-bond donors (Lipinski definition) is 0. The van der Waals surface area contributed by atoms with Crippen LogP contribution in [0.3, 0.4) is 0 Å². The van der Waals surface area contributed by atoms with E-state index in [-0.39, 0.29) is 0 Å². The maximum Gasteiger partial charge on any atom is -0.00213 e. The van der Waals surface area contributed by atoms with Crippen LogP contribution in [0.25, 0.3) is 33.4 Å². The summed E-state index contributed by atoms with van der Waals surface area (Å²) in [7, 11) is 0. The molecule has 4 aromatic carbocycles. The molecule has 0 unspecified atom stereocenters. The molecule has 0 spiro atoms. The Bertz CT molecular complexity index is 1180. The lowest BCUT2D eigenvalue weighted by molar-refractivity contribution is 1.30. The van der Waals surface area contributed by atoms with Crippen LogP contribution < -0.4 is 0 Å². The van der Waals surface area contributed by atoms with E-state index in [2.05, 4.69) is 114 Å². The van der Waals surface area contributed by atoms with E-state index in [1.165, 1.54) is 66.8 Å². The van der Waals surface area contributed by atoms with Gasteiger partial charge in [-0.3, -0.25) is 0 Å². The quantitative estimate of drug-likeness (QED) is 0.329. The summed E-state index contributed by atoms with van der Waals surface area (Å²) < 4.78 is 0. The number of rotatable bonds is 3. The van der Waals surface area contributed by atoms with Crippen molar-refractivity contribution in [2.75, 3.05) is 0 Å². The van der Waals surface area contributed by atoms with Crippen molar-refractivity contribution in [2.45, 2.75) is 41.5 Å². The van der Waals surface area contributed by atoms with Gasteiger partial charge in [0.25, 0.3) is 0 Å². The monoisotopic (exact) mass is 390 g/mol. The van der Waals surface area contributed by atoms with Gasteiger partial charge in [-0.15, -0.1) is 0 Å². The minimum atomic E-state index is 1.26. The zero-order chi connectivity index (χ0) is 21.4. The van der Waals surface area contributed by atoms with Gasteiger partial charge in [0.1, 0.15) is 0 Å². The van der Waals surface area contributed by atoms with E-state index in [9.17, 15) is 0 Å². The lowest BCUT2D eigenvalue weighted by atomic mass is 9.81. The summed E-state index contributed by atoms with van der Waals surface area (Å²) in [6, 6.07) is 26.8. The molecule has 0 radical (unpaired) electrons. The summed E-state index contributed by atoms with van der Waals surface area (Å²) >= 11 is 0. The Balaban J connectivity index is 2.15. The number of benzene rings is 4. The molecule has 0 aliphatic heterocycles. The van der Waals surface area contributed by atoms with Crippen LogP contribution in [-0.2, 0) is 0 Å². The van der Waals surface area contributed by atoms with Crippen LogP contribution in [0.1, 0.15) is 33.4 Å². The van der Waals surface area contributed by atoms with Crippen molar-refractivity contribution in [1.29, 1.82) is 0 Å². The van der Waals surface area contributed by atoms with Crippen molar-refractivity contribution in [3.63, 3.8) is 0 Å². The Morgan fingerprint density at radius 3 is 1.40 bits per heavy atom. The Morgan fingerprint density at radius 2 is 0.867 bits per heavy atom. The number of hydrogen-bond acceptors (Lipinski definition) is 0. The van der Waals surface area contributed by atoms with E-state index in [1.54, 1.807) is 0 Å². The fraction of sp³-hybridized carbons (Fsp3) is 0.200. The van der Waals surface area contributed by atoms with Crippen molar-refractivity contribution < 1.29 is 0 Å². The van der Waals surface area contributed by atoms with Crippen LogP contribution in [0.5, 0.6) is 0 Å². The molecule has 0 fully saturated rings. The minimum absolute atomic E-state index is 1.26.